The summed E-state index contributed by atoms with van der Waals surface area (Å²) in [4.78, 5) is 8.55. The Morgan fingerprint density at radius 3 is 2.79 bits per heavy atom. The summed E-state index contributed by atoms with van der Waals surface area (Å²) in [6.45, 7) is 8.04. The summed E-state index contributed by atoms with van der Waals surface area (Å²) in [5, 5.41) is 7.95. The maximum Gasteiger partial charge on any atom is 0.0760 e. The first kappa shape index (κ1) is 13.7. The maximum atomic E-state index is 4.49. The number of aromatic nitrogens is 4. The van der Waals surface area contributed by atoms with E-state index in [1.807, 2.05) is 13.1 Å². The maximum absolute atomic E-state index is 4.49. The highest BCUT2D eigenvalue weighted by Crippen LogP contribution is 2.16. The van der Waals surface area contributed by atoms with Gasteiger partial charge in [-0.1, -0.05) is 6.92 Å². The SMILES string of the molecule is CCNC(Cc1cc(C)nn1CC)c1cnccn1. The molecule has 0 amide bonds. The minimum absolute atomic E-state index is 0.181. The van der Waals surface area contributed by atoms with Gasteiger partial charge in [0.05, 0.1) is 17.4 Å². The van der Waals surface area contributed by atoms with Gasteiger partial charge < -0.3 is 5.32 Å². The first-order valence-electron chi connectivity index (χ1n) is 6.77. The molecule has 1 atom stereocenters. The van der Waals surface area contributed by atoms with Crippen molar-refractivity contribution in [2.45, 2.75) is 39.8 Å². The highest BCUT2D eigenvalue weighted by molar-refractivity contribution is 5.14. The molecule has 0 aliphatic rings. The minimum atomic E-state index is 0.181. The van der Waals surface area contributed by atoms with E-state index in [-0.39, 0.29) is 6.04 Å². The Morgan fingerprint density at radius 2 is 2.16 bits per heavy atom. The molecule has 2 rings (SSSR count). The van der Waals surface area contributed by atoms with E-state index in [2.05, 4.69) is 45.0 Å². The fraction of sp³-hybridized carbons (Fsp3) is 0.500. The second kappa shape index (κ2) is 6.43. The van der Waals surface area contributed by atoms with Crippen LogP contribution in [0.1, 0.15) is 37.0 Å². The molecule has 0 saturated heterocycles. The van der Waals surface area contributed by atoms with Crippen LogP contribution in [0.3, 0.4) is 0 Å². The predicted octanol–water partition coefficient (Wildman–Crippen LogP) is 1.89. The fourth-order valence-corrected chi connectivity index (χ4v) is 2.26. The highest BCUT2D eigenvalue weighted by atomic mass is 15.3. The van der Waals surface area contributed by atoms with Crippen molar-refractivity contribution in [1.82, 2.24) is 25.1 Å². The zero-order valence-corrected chi connectivity index (χ0v) is 11.8. The molecule has 0 aliphatic carbocycles. The van der Waals surface area contributed by atoms with E-state index in [0.29, 0.717) is 0 Å². The van der Waals surface area contributed by atoms with Crippen LogP contribution in [0.5, 0.6) is 0 Å². The van der Waals surface area contributed by atoms with Crippen molar-refractivity contribution in [2.24, 2.45) is 0 Å². The predicted molar refractivity (Wildman–Crippen MR) is 74.8 cm³/mol. The van der Waals surface area contributed by atoms with Gasteiger partial charge in [0.1, 0.15) is 0 Å². The summed E-state index contributed by atoms with van der Waals surface area (Å²) in [6.07, 6.45) is 6.14. The molecule has 2 aromatic rings. The zero-order chi connectivity index (χ0) is 13.7. The third kappa shape index (κ3) is 3.38. The molecule has 1 N–H and O–H groups in total. The zero-order valence-electron chi connectivity index (χ0n) is 11.8. The molecule has 0 bridgehead atoms. The third-order valence-corrected chi connectivity index (χ3v) is 3.09. The first-order valence-corrected chi connectivity index (χ1v) is 6.77. The van der Waals surface area contributed by atoms with Gasteiger partial charge in [-0.2, -0.15) is 5.10 Å². The molecule has 0 aliphatic heterocycles. The van der Waals surface area contributed by atoms with E-state index < -0.39 is 0 Å². The third-order valence-electron chi connectivity index (χ3n) is 3.09. The monoisotopic (exact) mass is 259 g/mol. The molecular weight excluding hydrogens is 238 g/mol. The standard InChI is InChI=1S/C14H21N5/c1-4-16-13(14-10-15-6-7-17-14)9-12-8-11(3)18-19(12)5-2/h6-8,10,13,16H,4-5,9H2,1-3H3. The van der Waals surface area contributed by atoms with E-state index in [1.54, 1.807) is 12.4 Å². The molecule has 0 spiro atoms. The molecule has 102 valence electrons. The minimum Gasteiger partial charge on any atom is -0.309 e. The Kier molecular flexibility index (Phi) is 4.63. The Balaban J connectivity index is 2.21. The van der Waals surface area contributed by atoms with Crippen molar-refractivity contribution >= 4 is 0 Å². The molecule has 2 heterocycles. The Bertz CT molecular complexity index is 506. The summed E-state index contributed by atoms with van der Waals surface area (Å²) in [5.41, 5.74) is 3.27. The van der Waals surface area contributed by atoms with E-state index in [0.717, 1.165) is 30.9 Å². The summed E-state index contributed by atoms with van der Waals surface area (Å²) >= 11 is 0. The van der Waals surface area contributed by atoms with Crippen molar-refractivity contribution in [3.8, 4) is 0 Å². The second-order valence-corrected chi connectivity index (χ2v) is 4.54. The van der Waals surface area contributed by atoms with Crippen LogP contribution in [0.2, 0.25) is 0 Å². The number of rotatable bonds is 6. The van der Waals surface area contributed by atoms with Crippen molar-refractivity contribution in [3.05, 3.63) is 41.7 Å². The van der Waals surface area contributed by atoms with Crippen molar-refractivity contribution < 1.29 is 0 Å². The van der Waals surface area contributed by atoms with E-state index in [9.17, 15) is 0 Å². The summed E-state index contributed by atoms with van der Waals surface area (Å²) in [5.74, 6) is 0. The highest BCUT2D eigenvalue weighted by Gasteiger charge is 2.15. The lowest BCUT2D eigenvalue weighted by molar-refractivity contribution is 0.505. The molecule has 1 unspecified atom stereocenters. The lowest BCUT2D eigenvalue weighted by atomic mass is 10.1. The number of nitrogens with one attached hydrogen (secondary N) is 1. The van der Waals surface area contributed by atoms with Gasteiger partial charge in [0.15, 0.2) is 0 Å². The summed E-state index contributed by atoms with van der Waals surface area (Å²) < 4.78 is 2.05. The van der Waals surface area contributed by atoms with E-state index in [1.165, 1.54) is 5.69 Å². The molecule has 0 radical (unpaired) electrons. The Morgan fingerprint density at radius 1 is 1.32 bits per heavy atom. The van der Waals surface area contributed by atoms with Crippen molar-refractivity contribution in [2.75, 3.05) is 6.54 Å². The topological polar surface area (TPSA) is 55.6 Å². The van der Waals surface area contributed by atoms with Gasteiger partial charge in [-0.15, -0.1) is 0 Å². The average Bonchev–Trinajstić information content (AvgIpc) is 2.79. The Hall–Kier alpha value is -1.75. The molecule has 0 aromatic carbocycles. The van der Waals surface area contributed by atoms with Gasteiger partial charge in [0.2, 0.25) is 0 Å². The van der Waals surface area contributed by atoms with Gasteiger partial charge in [-0.25, -0.2) is 0 Å². The molecule has 5 heteroatoms. The van der Waals surface area contributed by atoms with E-state index >= 15 is 0 Å². The van der Waals surface area contributed by atoms with Crippen molar-refractivity contribution in [1.29, 1.82) is 0 Å². The number of aryl methyl sites for hydroxylation is 2. The number of hydrogen-bond acceptors (Lipinski definition) is 4. The van der Waals surface area contributed by atoms with Crippen LogP contribution in [-0.2, 0) is 13.0 Å². The molecule has 0 fully saturated rings. The second-order valence-electron chi connectivity index (χ2n) is 4.54. The van der Waals surface area contributed by atoms with Gasteiger partial charge >= 0.3 is 0 Å². The average molecular weight is 259 g/mol. The van der Waals surface area contributed by atoms with Crippen LogP contribution in [0.25, 0.3) is 0 Å². The van der Waals surface area contributed by atoms with Gasteiger partial charge in [-0.05, 0) is 26.5 Å². The normalized spacial score (nSPS) is 12.6. The number of hydrogen-bond donors (Lipinski definition) is 1. The van der Waals surface area contributed by atoms with Crippen LogP contribution >= 0.6 is 0 Å². The Labute approximate surface area is 114 Å². The molecule has 0 saturated carbocycles. The number of nitrogens with zero attached hydrogens (tertiary/aromatic N) is 4. The van der Waals surface area contributed by atoms with Gasteiger partial charge in [0, 0.05) is 37.3 Å². The molecule has 5 nitrogen and oxygen atoms in total. The van der Waals surface area contributed by atoms with Crippen LogP contribution in [0, 0.1) is 6.92 Å². The largest absolute Gasteiger partial charge is 0.309 e. The fourth-order valence-electron chi connectivity index (χ4n) is 2.26. The first-order chi connectivity index (χ1) is 9.24. The van der Waals surface area contributed by atoms with Gasteiger partial charge in [0.25, 0.3) is 0 Å². The molecule has 2 aromatic heterocycles. The van der Waals surface area contributed by atoms with Crippen LogP contribution < -0.4 is 5.32 Å². The van der Waals surface area contributed by atoms with Gasteiger partial charge in [-0.3, -0.25) is 14.6 Å². The van der Waals surface area contributed by atoms with Crippen LogP contribution in [0.4, 0.5) is 0 Å². The molecular formula is C14H21N5. The lowest BCUT2D eigenvalue weighted by Crippen LogP contribution is -2.25. The van der Waals surface area contributed by atoms with Crippen LogP contribution in [0.15, 0.2) is 24.7 Å². The van der Waals surface area contributed by atoms with E-state index in [4.69, 9.17) is 0 Å². The number of likely N-dealkylation sites (N-methyl/N-ethyl adjacent to an activating group) is 1. The molecule has 19 heavy (non-hydrogen) atoms. The summed E-state index contributed by atoms with van der Waals surface area (Å²) in [6, 6.07) is 2.32. The lowest BCUT2D eigenvalue weighted by Gasteiger charge is -2.17. The smallest absolute Gasteiger partial charge is 0.0760 e. The summed E-state index contributed by atoms with van der Waals surface area (Å²) in [7, 11) is 0. The van der Waals surface area contributed by atoms with Crippen molar-refractivity contribution in [3.63, 3.8) is 0 Å². The van der Waals surface area contributed by atoms with Crippen LogP contribution in [-0.4, -0.2) is 26.3 Å². The quantitative estimate of drug-likeness (QED) is 0.860.